The number of para-hydroxylation sites is 1. The van der Waals surface area contributed by atoms with Crippen LogP contribution >= 0.6 is 0 Å². The van der Waals surface area contributed by atoms with E-state index in [2.05, 4.69) is 28.8 Å². The van der Waals surface area contributed by atoms with Gasteiger partial charge in [0.2, 0.25) is 0 Å². The van der Waals surface area contributed by atoms with Gasteiger partial charge < -0.3 is 19.5 Å². The van der Waals surface area contributed by atoms with Gasteiger partial charge in [0.25, 0.3) is 5.91 Å². The first-order valence-electron chi connectivity index (χ1n) is 11.2. The number of ether oxygens (including phenoxy) is 1. The van der Waals surface area contributed by atoms with Crippen LogP contribution in [-0.2, 0) is 6.54 Å². The molecule has 2 heterocycles. The second-order valence-electron chi connectivity index (χ2n) is 8.74. The van der Waals surface area contributed by atoms with Crippen LogP contribution in [0.4, 0.5) is 13.2 Å². The number of benzene rings is 2. The molecular formula is C25H28F3N3O2. The molecule has 0 atom stereocenters. The van der Waals surface area contributed by atoms with E-state index in [4.69, 9.17) is 0 Å². The van der Waals surface area contributed by atoms with Gasteiger partial charge in [-0.15, -0.1) is 13.2 Å². The SMILES string of the molecule is CC(C)N1CCC(NC(=O)c2cc3ccccc3n2Cc2ccc(OC(F)(F)F)cc2)CC1. The van der Waals surface area contributed by atoms with Crippen molar-refractivity contribution in [1.29, 1.82) is 0 Å². The fourth-order valence-corrected chi connectivity index (χ4v) is 4.37. The third-order valence-corrected chi connectivity index (χ3v) is 6.14. The quantitative estimate of drug-likeness (QED) is 0.552. The highest BCUT2D eigenvalue weighted by Crippen LogP contribution is 2.25. The van der Waals surface area contributed by atoms with E-state index in [1.807, 2.05) is 34.9 Å². The van der Waals surface area contributed by atoms with E-state index in [1.165, 1.54) is 12.1 Å². The first-order chi connectivity index (χ1) is 15.7. The minimum Gasteiger partial charge on any atom is -0.406 e. The zero-order valence-corrected chi connectivity index (χ0v) is 18.7. The molecule has 2 aromatic carbocycles. The van der Waals surface area contributed by atoms with Crippen LogP contribution in [-0.4, -0.2) is 46.9 Å². The zero-order chi connectivity index (χ0) is 23.6. The van der Waals surface area contributed by atoms with E-state index >= 15 is 0 Å². The lowest BCUT2D eigenvalue weighted by atomic mass is 10.0. The topological polar surface area (TPSA) is 46.5 Å². The molecule has 33 heavy (non-hydrogen) atoms. The molecule has 1 N–H and O–H groups in total. The Balaban J connectivity index is 1.53. The molecule has 5 nitrogen and oxygen atoms in total. The van der Waals surface area contributed by atoms with Crippen molar-refractivity contribution in [2.75, 3.05) is 13.1 Å². The van der Waals surface area contributed by atoms with Crippen molar-refractivity contribution in [3.63, 3.8) is 0 Å². The molecule has 3 aromatic rings. The maximum atomic E-state index is 13.2. The number of piperidine rings is 1. The second kappa shape index (κ2) is 9.47. The Morgan fingerprint density at radius 2 is 1.76 bits per heavy atom. The molecule has 1 aliphatic heterocycles. The van der Waals surface area contributed by atoms with Crippen molar-refractivity contribution in [2.24, 2.45) is 0 Å². The highest BCUT2D eigenvalue weighted by atomic mass is 19.4. The van der Waals surface area contributed by atoms with Gasteiger partial charge in [-0.2, -0.15) is 0 Å². The highest BCUT2D eigenvalue weighted by molar-refractivity contribution is 5.99. The van der Waals surface area contributed by atoms with Crippen LogP contribution in [0.15, 0.2) is 54.6 Å². The van der Waals surface area contributed by atoms with Gasteiger partial charge in [0, 0.05) is 42.6 Å². The number of hydrogen-bond acceptors (Lipinski definition) is 3. The van der Waals surface area contributed by atoms with E-state index in [0.717, 1.165) is 42.4 Å². The molecular weight excluding hydrogens is 431 g/mol. The van der Waals surface area contributed by atoms with Crippen LogP contribution < -0.4 is 10.1 Å². The molecule has 0 aliphatic carbocycles. The summed E-state index contributed by atoms with van der Waals surface area (Å²) in [6.07, 6.45) is -2.91. The average molecular weight is 460 g/mol. The molecule has 0 spiro atoms. The summed E-state index contributed by atoms with van der Waals surface area (Å²) in [7, 11) is 0. The highest BCUT2D eigenvalue weighted by Gasteiger charge is 2.31. The summed E-state index contributed by atoms with van der Waals surface area (Å²) in [5, 5.41) is 4.12. The van der Waals surface area contributed by atoms with Crippen molar-refractivity contribution in [3.05, 3.63) is 65.9 Å². The van der Waals surface area contributed by atoms with Crippen LogP contribution in [0.2, 0.25) is 0 Å². The van der Waals surface area contributed by atoms with Crippen molar-refractivity contribution in [3.8, 4) is 5.75 Å². The maximum Gasteiger partial charge on any atom is 0.573 e. The van der Waals surface area contributed by atoms with Gasteiger partial charge in [-0.25, -0.2) is 0 Å². The molecule has 0 bridgehead atoms. The number of alkyl halides is 3. The number of aromatic nitrogens is 1. The Kier molecular flexibility index (Phi) is 6.65. The van der Waals surface area contributed by atoms with Crippen LogP contribution in [0.5, 0.6) is 5.75 Å². The Bertz CT molecular complexity index is 1100. The summed E-state index contributed by atoms with van der Waals surface area (Å²) in [4.78, 5) is 15.6. The van der Waals surface area contributed by atoms with E-state index in [-0.39, 0.29) is 17.7 Å². The molecule has 1 fully saturated rings. The van der Waals surface area contributed by atoms with Crippen LogP contribution in [0.1, 0.15) is 42.7 Å². The summed E-state index contributed by atoms with van der Waals surface area (Å²) < 4.78 is 43.2. The summed E-state index contributed by atoms with van der Waals surface area (Å²) >= 11 is 0. The third kappa shape index (κ3) is 5.68. The van der Waals surface area contributed by atoms with Crippen molar-refractivity contribution in [2.45, 2.75) is 51.7 Å². The molecule has 176 valence electrons. The molecule has 1 aliphatic rings. The number of carbonyl (C=O) groups is 1. The molecule has 1 saturated heterocycles. The Morgan fingerprint density at radius 1 is 1.09 bits per heavy atom. The van der Waals surface area contributed by atoms with Gasteiger partial charge in [-0.1, -0.05) is 30.3 Å². The molecule has 8 heteroatoms. The number of hydrogen-bond donors (Lipinski definition) is 1. The smallest absolute Gasteiger partial charge is 0.406 e. The number of likely N-dealkylation sites (tertiary alicyclic amines) is 1. The van der Waals surface area contributed by atoms with E-state index < -0.39 is 6.36 Å². The van der Waals surface area contributed by atoms with Crippen molar-refractivity contribution >= 4 is 16.8 Å². The van der Waals surface area contributed by atoms with Gasteiger partial charge >= 0.3 is 6.36 Å². The molecule has 1 aromatic heterocycles. The van der Waals surface area contributed by atoms with Crippen LogP contribution in [0, 0.1) is 0 Å². The first-order valence-corrected chi connectivity index (χ1v) is 11.2. The van der Waals surface area contributed by atoms with E-state index in [0.29, 0.717) is 18.3 Å². The number of rotatable bonds is 6. The van der Waals surface area contributed by atoms with E-state index in [1.54, 1.807) is 12.1 Å². The molecule has 0 radical (unpaired) electrons. The number of carbonyl (C=O) groups excluding carboxylic acids is 1. The van der Waals surface area contributed by atoms with Gasteiger partial charge in [-0.3, -0.25) is 4.79 Å². The Morgan fingerprint density at radius 3 is 2.39 bits per heavy atom. The standard InChI is InChI=1S/C25H28F3N3O2/c1-17(2)30-13-11-20(12-14-30)29-24(32)23-15-19-5-3-4-6-22(19)31(23)16-18-7-9-21(10-8-18)33-25(26,27)28/h3-10,15,17,20H,11-14,16H2,1-2H3,(H,29,32). The largest absolute Gasteiger partial charge is 0.573 e. The average Bonchev–Trinajstić information content (AvgIpc) is 3.13. The van der Waals surface area contributed by atoms with Gasteiger partial charge in [0.15, 0.2) is 0 Å². The Labute approximate surface area is 191 Å². The molecule has 0 unspecified atom stereocenters. The molecule has 0 saturated carbocycles. The number of fused-ring (bicyclic) bond motifs is 1. The zero-order valence-electron chi connectivity index (χ0n) is 18.7. The third-order valence-electron chi connectivity index (χ3n) is 6.14. The second-order valence-corrected chi connectivity index (χ2v) is 8.74. The predicted octanol–water partition coefficient (Wildman–Crippen LogP) is 5.19. The lowest BCUT2D eigenvalue weighted by molar-refractivity contribution is -0.274. The first kappa shape index (κ1) is 23.2. The summed E-state index contributed by atoms with van der Waals surface area (Å²) in [6, 6.07) is 15.9. The molecule has 1 amide bonds. The van der Waals surface area contributed by atoms with E-state index in [9.17, 15) is 18.0 Å². The summed E-state index contributed by atoms with van der Waals surface area (Å²) in [5.74, 6) is -0.402. The normalized spacial score (nSPS) is 15.8. The molecule has 4 rings (SSSR count). The fourth-order valence-electron chi connectivity index (χ4n) is 4.37. The van der Waals surface area contributed by atoms with Crippen LogP contribution in [0.25, 0.3) is 10.9 Å². The minimum absolute atomic E-state index is 0.123. The fraction of sp³-hybridized carbons (Fsp3) is 0.400. The number of nitrogens with zero attached hydrogens (tertiary/aromatic N) is 2. The number of amides is 1. The Hall–Kier alpha value is -3.00. The summed E-state index contributed by atoms with van der Waals surface area (Å²) in [6.45, 7) is 6.63. The number of nitrogens with one attached hydrogen (secondary N) is 1. The summed E-state index contributed by atoms with van der Waals surface area (Å²) in [5.41, 5.74) is 2.20. The van der Waals surface area contributed by atoms with Crippen molar-refractivity contribution < 1.29 is 22.7 Å². The monoisotopic (exact) mass is 459 g/mol. The maximum absolute atomic E-state index is 13.2. The minimum atomic E-state index is -4.73. The van der Waals surface area contributed by atoms with Crippen LogP contribution in [0.3, 0.4) is 0 Å². The van der Waals surface area contributed by atoms with Gasteiger partial charge in [0.05, 0.1) is 0 Å². The van der Waals surface area contributed by atoms with Crippen molar-refractivity contribution in [1.82, 2.24) is 14.8 Å². The predicted molar refractivity (Wildman–Crippen MR) is 121 cm³/mol. The lowest BCUT2D eigenvalue weighted by Crippen LogP contribution is -2.46. The lowest BCUT2D eigenvalue weighted by Gasteiger charge is -2.34. The van der Waals surface area contributed by atoms with Gasteiger partial charge in [-0.05, 0) is 56.5 Å². The van der Waals surface area contributed by atoms with Gasteiger partial charge in [0.1, 0.15) is 11.4 Å². The number of halogens is 3.